The van der Waals surface area contributed by atoms with Crippen LogP contribution in [0.3, 0.4) is 0 Å². The van der Waals surface area contributed by atoms with Crippen LogP contribution < -0.4 is 14.2 Å². The van der Waals surface area contributed by atoms with E-state index in [2.05, 4.69) is 4.98 Å². The molecule has 144 valence electrons. The highest BCUT2D eigenvalue weighted by atomic mass is 32.2. The first-order valence-corrected chi connectivity index (χ1v) is 10.5. The average molecular weight is 390 g/mol. The maximum Gasteiger partial charge on any atom is 0.243 e. The van der Waals surface area contributed by atoms with Crippen molar-refractivity contribution in [2.24, 2.45) is 0 Å². The van der Waals surface area contributed by atoms with Crippen molar-refractivity contribution in [3.63, 3.8) is 0 Å². The van der Waals surface area contributed by atoms with E-state index < -0.39 is 10.0 Å². The number of nitrogens with zero attached hydrogens (tertiary/aromatic N) is 2. The molecule has 0 saturated carbocycles. The van der Waals surface area contributed by atoms with Crippen LogP contribution in [0.25, 0.3) is 0 Å². The second kappa shape index (κ2) is 7.74. The zero-order valence-corrected chi connectivity index (χ0v) is 15.7. The lowest BCUT2D eigenvalue weighted by Gasteiger charge is -2.32. The topological polar surface area (TPSA) is 78.0 Å². The Bertz CT molecular complexity index is 888. The fourth-order valence-corrected chi connectivity index (χ4v) is 4.81. The number of rotatable bonds is 4. The summed E-state index contributed by atoms with van der Waals surface area (Å²) in [6.45, 7) is 1.88. The number of benzene rings is 1. The molecule has 2 aliphatic heterocycles. The molecule has 27 heavy (non-hydrogen) atoms. The first-order chi connectivity index (χ1) is 13.1. The van der Waals surface area contributed by atoms with E-state index in [1.54, 1.807) is 42.7 Å². The van der Waals surface area contributed by atoms with E-state index in [4.69, 9.17) is 14.2 Å². The molecular formula is C19H22N2O5S. The van der Waals surface area contributed by atoms with Crippen molar-refractivity contribution in [3.05, 3.63) is 42.7 Å². The molecule has 0 radical (unpaired) electrons. The molecule has 0 spiro atoms. The lowest BCUT2D eigenvalue weighted by atomic mass is 10.1. The predicted octanol–water partition coefficient (Wildman–Crippen LogP) is 2.48. The maximum atomic E-state index is 13.1. The van der Waals surface area contributed by atoms with E-state index >= 15 is 0 Å². The molecule has 8 heteroatoms. The fraction of sp³-hybridized carbons (Fsp3) is 0.421. The lowest BCUT2D eigenvalue weighted by Crippen LogP contribution is -2.44. The highest BCUT2D eigenvalue weighted by molar-refractivity contribution is 7.89. The van der Waals surface area contributed by atoms with Crippen molar-refractivity contribution in [3.8, 4) is 17.2 Å². The number of ether oxygens (including phenoxy) is 3. The Labute approximate surface area is 158 Å². The molecule has 1 fully saturated rings. The van der Waals surface area contributed by atoms with Crippen LogP contribution in [-0.4, -0.2) is 50.1 Å². The number of hydrogen-bond donors (Lipinski definition) is 0. The first-order valence-electron chi connectivity index (χ1n) is 9.09. The van der Waals surface area contributed by atoms with Gasteiger partial charge in [0, 0.05) is 31.4 Å². The van der Waals surface area contributed by atoms with Crippen LogP contribution in [0.2, 0.25) is 0 Å². The highest BCUT2D eigenvalue weighted by Gasteiger charge is 2.32. The summed E-state index contributed by atoms with van der Waals surface area (Å²) in [5, 5.41) is 0. The largest absolute Gasteiger partial charge is 0.490 e. The summed E-state index contributed by atoms with van der Waals surface area (Å²) < 4.78 is 44.9. The lowest BCUT2D eigenvalue weighted by molar-refractivity contribution is 0.129. The molecule has 3 heterocycles. The molecule has 4 rings (SSSR count). The van der Waals surface area contributed by atoms with Crippen LogP contribution in [0.5, 0.6) is 17.2 Å². The Morgan fingerprint density at radius 1 is 1.04 bits per heavy atom. The van der Waals surface area contributed by atoms with Gasteiger partial charge in [-0.1, -0.05) is 0 Å². The van der Waals surface area contributed by atoms with Gasteiger partial charge >= 0.3 is 0 Å². The zero-order chi connectivity index (χ0) is 18.7. The summed E-state index contributed by atoms with van der Waals surface area (Å²) in [7, 11) is -3.63. The normalized spacial score (nSPS) is 20.7. The van der Waals surface area contributed by atoms with Crippen LogP contribution >= 0.6 is 0 Å². The van der Waals surface area contributed by atoms with E-state index in [9.17, 15) is 8.42 Å². The van der Waals surface area contributed by atoms with Gasteiger partial charge in [-0.15, -0.1) is 0 Å². The molecule has 0 aliphatic carbocycles. The Hall–Kier alpha value is -2.32. The summed E-state index contributed by atoms with van der Waals surface area (Å²) in [5.74, 6) is 1.77. The summed E-state index contributed by atoms with van der Waals surface area (Å²) in [5.41, 5.74) is 0. The molecule has 2 aromatic rings. The molecule has 1 saturated heterocycles. The third-order valence-electron chi connectivity index (χ3n) is 4.65. The SMILES string of the molecule is O=S(=O)(c1ccc2c(c1)OCCCO2)N1CCCC(Oc2ccncc2)C1. The molecule has 0 bridgehead atoms. The fourth-order valence-electron chi connectivity index (χ4n) is 3.28. The second-order valence-electron chi connectivity index (χ2n) is 6.59. The van der Waals surface area contributed by atoms with Gasteiger partial charge in [0.15, 0.2) is 11.5 Å². The van der Waals surface area contributed by atoms with Crippen LogP contribution in [-0.2, 0) is 10.0 Å². The van der Waals surface area contributed by atoms with Gasteiger partial charge in [0.2, 0.25) is 10.0 Å². The van der Waals surface area contributed by atoms with E-state index in [-0.39, 0.29) is 11.0 Å². The van der Waals surface area contributed by atoms with E-state index in [1.165, 1.54) is 4.31 Å². The molecule has 1 aromatic heterocycles. The smallest absolute Gasteiger partial charge is 0.243 e. The second-order valence-corrected chi connectivity index (χ2v) is 8.53. The maximum absolute atomic E-state index is 13.1. The molecule has 0 amide bonds. The molecule has 1 aromatic carbocycles. The molecule has 1 atom stereocenters. The van der Waals surface area contributed by atoms with Gasteiger partial charge in [0.25, 0.3) is 0 Å². The highest BCUT2D eigenvalue weighted by Crippen LogP contribution is 2.33. The van der Waals surface area contributed by atoms with E-state index in [0.29, 0.717) is 43.6 Å². The number of hydrogen-bond acceptors (Lipinski definition) is 6. The molecule has 2 aliphatic rings. The first kappa shape index (κ1) is 18.1. The van der Waals surface area contributed by atoms with Crippen molar-refractivity contribution < 1.29 is 22.6 Å². The average Bonchev–Trinajstić information content (AvgIpc) is 2.94. The minimum atomic E-state index is -3.63. The Morgan fingerprint density at radius 3 is 2.63 bits per heavy atom. The van der Waals surface area contributed by atoms with Gasteiger partial charge in [-0.25, -0.2) is 8.42 Å². The van der Waals surface area contributed by atoms with Crippen molar-refractivity contribution in [2.75, 3.05) is 26.3 Å². The number of piperidine rings is 1. The van der Waals surface area contributed by atoms with Gasteiger partial charge in [-0.3, -0.25) is 4.98 Å². The number of aromatic nitrogens is 1. The van der Waals surface area contributed by atoms with Crippen molar-refractivity contribution in [1.82, 2.24) is 9.29 Å². The number of pyridine rings is 1. The van der Waals surface area contributed by atoms with Gasteiger partial charge in [-0.2, -0.15) is 4.31 Å². The van der Waals surface area contributed by atoms with Gasteiger partial charge in [-0.05, 0) is 37.1 Å². The Balaban J connectivity index is 1.52. The van der Waals surface area contributed by atoms with E-state index in [0.717, 1.165) is 19.3 Å². The van der Waals surface area contributed by atoms with Crippen molar-refractivity contribution in [2.45, 2.75) is 30.3 Å². The molecule has 1 unspecified atom stereocenters. The van der Waals surface area contributed by atoms with Crippen LogP contribution in [0, 0.1) is 0 Å². The monoisotopic (exact) mass is 390 g/mol. The van der Waals surface area contributed by atoms with Crippen LogP contribution in [0.1, 0.15) is 19.3 Å². The van der Waals surface area contributed by atoms with E-state index in [1.807, 2.05) is 0 Å². The standard InChI is InChI=1S/C19H22N2O5S/c22-27(23,17-4-5-18-19(13-17)25-12-2-11-24-18)21-10-1-3-16(14-21)26-15-6-8-20-9-7-15/h4-9,13,16H,1-3,10-12,14H2. The van der Waals surface area contributed by atoms with Crippen LogP contribution in [0.4, 0.5) is 0 Å². The molecule has 7 nitrogen and oxygen atoms in total. The quantitative estimate of drug-likeness (QED) is 0.798. The Kier molecular flexibility index (Phi) is 5.18. The molecular weight excluding hydrogens is 368 g/mol. The molecule has 0 N–H and O–H groups in total. The zero-order valence-electron chi connectivity index (χ0n) is 14.9. The van der Waals surface area contributed by atoms with Gasteiger partial charge in [0.1, 0.15) is 11.9 Å². The minimum absolute atomic E-state index is 0.184. The Morgan fingerprint density at radius 2 is 1.81 bits per heavy atom. The third kappa shape index (κ3) is 4.01. The predicted molar refractivity (Wildman–Crippen MR) is 98.7 cm³/mol. The third-order valence-corrected chi connectivity index (χ3v) is 6.51. The number of fused-ring (bicyclic) bond motifs is 1. The van der Waals surface area contributed by atoms with Crippen LogP contribution in [0.15, 0.2) is 47.6 Å². The summed E-state index contributed by atoms with van der Waals surface area (Å²) in [4.78, 5) is 4.18. The summed E-state index contributed by atoms with van der Waals surface area (Å²) in [6.07, 6.45) is 5.47. The van der Waals surface area contributed by atoms with Crippen molar-refractivity contribution >= 4 is 10.0 Å². The van der Waals surface area contributed by atoms with Crippen molar-refractivity contribution in [1.29, 1.82) is 0 Å². The van der Waals surface area contributed by atoms with Gasteiger partial charge < -0.3 is 14.2 Å². The summed E-state index contributed by atoms with van der Waals surface area (Å²) >= 11 is 0. The van der Waals surface area contributed by atoms with Gasteiger partial charge in [0.05, 0.1) is 24.7 Å². The number of sulfonamides is 1. The summed E-state index contributed by atoms with van der Waals surface area (Å²) in [6, 6.07) is 8.36. The minimum Gasteiger partial charge on any atom is -0.490 e.